The Bertz CT molecular complexity index is 211. The Balaban J connectivity index is -0.0000000250. The van der Waals surface area contributed by atoms with Crippen molar-refractivity contribution in [2.24, 2.45) is 0 Å². The molecule has 0 saturated carbocycles. The van der Waals surface area contributed by atoms with Crippen LogP contribution in [-0.2, 0) is 0 Å². The number of carbonyl (C=O) groups is 5. The van der Waals surface area contributed by atoms with E-state index in [4.69, 9.17) is 75.0 Å². The van der Waals surface area contributed by atoms with E-state index < -0.39 is 30.8 Å². The van der Waals surface area contributed by atoms with Gasteiger partial charge in [0.25, 0.3) is 0 Å². The van der Waals surface area contributed by atoms with Crippen LogP contribution in [0.4, 0.5) is 24.0 Å². The van der Waals surface area contributed by atoms with E-state index in [9.17, 15) is 0 Å². The Labute approximate surface area is 164 Å². The smallest absolute Gasteiger partial charge is 0.652 e. The summed E-state index contributed by atoms with van der Waals surface area (Å²) in [4.78, 5) is 42.6. The summed E-state index contributed by atoms with van der Waals surface area (Å²) in [5.74, 6) is 0. The van der Waals surface area contributed by atoms with Crippen molar-refractivity contribution in [1.82, 2.24) is 0 Å². The maximum atomic E-state index is 8.56. The summed E-state index contributed by atoms with van der Waals surface area (Å²) < 4.78 is 0. The molecule has 0 bridgehead atoms. The van der Waals surface area contributed by atoms with E-state index in [1.807, 2.05) is 0 Å². The average molecular weight is 354 g/mol. The number of carboxylic acid groups (broad SMARTS) is 10. The van der Waals surface area contributed by atoms with Crippen molar-refractivity contribution in [2.75, 3.05) is 0 Å². The monoisotopic (exact) mass is 354 g/mol. The third-order valence-corrected chi connectivity index (χ3v) is 0. The van der Waals surface area contributed by atoms with Crippen LogP contribution < -0.4 is 69.3 Å². The Morgan fingerprint density at radius 2 is 0.455 bits per heavy atom. The molecule has 22 heavy (non-hydrogen) atoms. The van der Waals surface area contributed by atoms with Gasteiger partial charge in [-0.2, -0.15) is 0 Å². The van der Waals surface area contributed by atoms with Gasteiger partial charge in [-0.15, -0.1) is 0 Å². The summed E-state index contributed by atoms with van der Waals surface area (Å²) in [5, 5.41) is 72.4. The van der Waals surface area contributed by atoms with Crippen molar-refractivity contribution in [1.29, 1.82) is 0 Å². The van der Waals surface area contributed by atoms with Crippen molar-refractivity contribution in [2.45, 2.75) is 0 Å². The zero-order chi connectivity index (χ0) is 17.9. The van der Waals surface area contributed by atoms with E-state index in [0.29, 0.717) is 0 Å². The second-order valence-electron chi connectivity index (χ2n) is 1.38. The molecule has 0 atom stereocenters. The minimum atomic E-state index is -2.33. The van der Waals surface area contributed by atoms with Crippen LogP contribution in [0.1, 0.15) is 0 Å². The quantitative estimate of drug-likeness (QED) is 0.187. The van der Waals surface area contributed by atoms with Gasteiger partial charge in [-0.25, -0.2) is 19.2 Å². The van der Waals surface area contributed by atoms with Gasteiger partial charge in [-0.3, -0.25) is 0 Å². The van der Waals surface area contributed by atoms with Gasteiger partial charge in [-0.05, 0) is 6.16 Å². The van der Waals surface area contributed by atoms with Crippen molar-refractivity contribution in [3.8, 4) is 0 Å². The molecule has 120 valence electrons. The average Bonchev–Trinajstić information content (AvgIpc) is 1.94. The molecule has 0 rings (SSSR count). The molecule has 0 amide bonds. The number of hydrogen-bond acceptors (Lipinski definition) is 7. The molecule has 0 radical (unpaired) electrons. The zero-order valence-electron chi connectivity index (χ0n) is 10.9. The largest absolute Gasteiger partial charge is 1.00 e. The summed E-state index contributed by atoms with van der Waals surface area (Å²) >= 11 is 0. The van der Waals surface area contributed by atoms with Crippen LogP contribution in [0.2, 0.25) is 0 Å². The van der Waals surface area contributed by atoms with Gasteiger partial charge in [-0.1, -0.05) is 0 Å². The van der Waals surface area contributed by atoms with Gasteiger partial charge in [0.2, 0.25) is 0 Å². The molecule has 8 N–H and O–H groups in total. The van der Waals surface area contributed by atoms with Crippen molar-refractivity contribution >= 4 is 30.8 Å². The van der Waals surface area contributed by atoms with E-state index in [1.54, 1.807) is 0 Å². The minimum Gasteiger partial charge on any atom is -0.652 e. The number of carbonyl (C=O) groups excluding carboxylic acids is 1. The molecule has 15 nitrogen and oxygen atoms in total. The Kier molecular flexibility index (Phi) is 71.0. The van der Waals surface area contributed by atoms with E-state index in [-0.39, 0.29) is 59.1 Å². The summed E-state index contributed by atoms with van der Waals surface area (Å²) in [6, 6.07) is 0. The normalized spacial score (nSPS) is 5.45. The van der Waals surface area contributed by atoms with Crippen LogP contribution in [0.15, 0.2) is 0 Å². The molecule has 17 heteroatoms. The first kappa shape index (κ1) is 42.8. The first-order valence-corrected chi connectivity index (χ1v) is 3.22. The van der Waals surface area contributed by atoms with Gasteiger partial charge in [0.05, 0.1) is 0 Å². The van der Waals surface area contributed by atoms with Crippen LogP contribution >= 0.6 is 0 Å². The molecule has 0 fully saturated rings. The fraction of sp³-hybridized carbons (Fsp3) is 0. The molecule has 0 unspecified atom stereocenters. The standard InChI is InChI=1S/5CH2O3.2Na/c5*2-1(3)4;;/h5*(H2,2,3,4);;/q;;;;;2*+1/p-2. The first-order valence-electron chi connectivity index (χ1n) is 3.22. The molecular formula is C5H8Na2O15. The van der Waals surface area contributed by atoms with Crippen molar-refractivity contribution in [3.05, 3.63) is 0 Å². The van der Waals surface area contributed by atoms with Gasteiger partial charge < -0.3 is 55.9 Å². The Hall–Kier alpha value is -1.65. The minimum absolute atomic E-state index is 0. The van der Waals surface area contributed by atoms with E-state index in [2.05, 4.69) is 0 Å². The van der Waals surface area contributed by atoms with Crippen LogP contribution in [0.3, 0.4) is 0 Å². The number of rotatable bonds is 0. The second kappa shape index (κ2) is 36.6. The van der Waals surface area contributed by atoms with Gasteiger partial charge >= 0.3 is 83.7 Å². The third kappa shape index (κ3) is 2030. The molecule has 0 spiro atoms. The van der Waals surface area contributed by atoms with Gasteiger partial charge in [0, 0.05) is 0 Å². The maximum absolute atomic E-state index is 8.56. The molecule has 0 aliphatic carbocycles. The molecule has 0 aromatic rings. The van der Waals surface area contributed by atoms with Gasteiger partial charge in [0.1, 0.15) is 0 Å². The molecule has 0 aliphatic rings. The summed E-state index contributed by atoms with van der Waals surface area (Å²) in [6.07, 6.45) is -9.67. The van der Waals surface area contributed by atoms with E-state index in [0.717, 1.165) is 0 Å². The van der Waals surface area contributed by atoms with Gasteiger partial charge in [0.15, 0.2) is 0 Å². The molecule has 0 aromatic heterocycles. The predicted octanol–water partition coefficient (Wildman–Crippen LogP) is -7.55. The van der Waals surface area contributed by atoms with Crippen LogP contribution in [0.5, 0.6) is 0 Å². The van der Waals surface area contributed by atoms with Crippen molar-refractivity contribution in [3.63, 3.8) is 0 Å². The molecule has 0 heterocycles. The second-order valence-corrected chi connectivity index (χ2v) is 1.38. The van der Waals surface area contributed by atoms with Crippen LogP contribution in [0, 0.1) is 0 Å². The third-order valence-electron chi connectivity index (χ3n) is 0. The fourth-order valence-corrected chi connectivity index (χ4v) is 0. The predicted molar refractivity (Wildman–Crippen MR) is 48.0 cm³/mol. The molecular weight excluding hydrogens is 346 g/mol. The maximum Gasteiger partial charge on any atom is 1.00 e. The summed E-state index contributed by atoms with van der Waals surface area (Å²) in [5.41, 5.74) is 0. The van der Waals surface area contributed by atoms with Crippen molar-refractivity contribution < 1.29 is 134 Å². The number of hydrogen-bond donors (Lipinski definition) is 8. The van der Waals surface area contributed by atoms with Crippen LogP contribution in [0.25, 0.3) is 0 Å². The Morgan fingerprint density at radius 1 is 0.455 bits per heavy atom. The van der Waals surface area contributed by atoms with E-state index >= 15 is 0 Å². The first-order chi connectivity index (χ1) is 8.66. The van der Waals surface area contributed by atoms with Crippen LogP contribution in [-0.4, -0.2) is 71.6 Å². The molecule has 0 aliphatic heterocycles. The summed E-state index contributed by atoms with van der Waals surface area (Å²) in [6.45, 7) is 0. The van der Waals surface area contributed by atoms with E-state index in [1.165, 1.54) is 0 Å². The molecule has 0 saturated heterocycles. The fourth-order valence-electron chi connectivity index (χ4n) is 0. The Morgan fingerprint density at radius 3 is 0.455 bits per heavy atom. The topological polar surface area (TPSA) is 293 Å². The molecule has 0 aromatic carbocycles. The SMILES string of the molecule is O=C(O)O.O=C(O)O.O=C(O)O.O=C(O)O.O=C([O-])[O-].[Na+].[Na+]. The summed E-state index contributed by atoms with van der Waals surface area (Å²) in [7, 11) is 0. The zero-order valence-corrected chi connectivity index (χ0v) is 14.9.